The minimum atomic E-state index is -3.64. The van der Waals surface area contributed by atoms with Crippen molar-refractivity contribution in [3.8, 4) is 0 Å². The molecule has 6 nitrogen and oxygen atoms in total. The Hall–Kier alpha value is -0.420. The molecule has 7 heteroatoms. The molecule has 0 saturated heterocycles. The number of carbonyl (C=O) groups is 1. The van der Waals surface area contributed by atoms with E-state index in [1.807, 2.05) is 13.8 Å². The average Bonchev–Trinajstić information content (AvgIpc) is 1.80. The second-order valence-corrected chi connectivity index (χ2v) is 5.08. The number of nitrogens with two attached hydrogens (primary N) is 1. The third kappa shape index (κ3) is 22.6. The normalized spacial score (nSPS) is 13.1. The SMILES string of the molecule is CC(C)CC(N)C(=O)O.CP(=O)(O)O. The number of hydrogen-bond acceptors (Lipinski definition) is 3. The van der Waals surface area contributed by atoms with Crippen molar-refractivity contribution in [2.24, 2.45) is 11.7 Å². The van der Waals surface area contributed by atoms with E-state index >= 15 is 0 Å². The van der Waals surface area contributed by atoms with Crippen molar-refractivity contribution in [3.05, 3.63) is 0 Å². The third-order valence-electron chi connectivity index (χ3n) is 1.04. The Morgan fingerprint density at radius 3 is 1.79 bits per heavy atom. The van der Waals surface area contributed by atoms with Gasteiger partial charge in [-0.05, 0) is 12.3 Å². The summed E-state index contributed by atoms with van der Waals surface area (Å²) < 4.78 is 9.33. The number of rotatable bonds is 3. The summed E-state index contributed by atoms with van der Waals surface area (Å²) in [5.41, 5.74) is 5.22. The van der Waals surface area contributed by atoms with Crippen molar-refractivity contribution in [1.82, 2.24) is 0 Å². The predicted octanol–water partition coefficient (Wildman–Crippen LogP) is 0.238. The molecule has 0 saturated carbocycles. The Bertz CT molecular complexity index is 204. The third-order valence-corrected chi connectivity index (χ3v) is 1.04. The van der Waals surface area contributed by atoms with E-state index in [1.54, 1.807) is 0 Å². The van der Waals surface area contributed by atoms with Crippen LogP contribution in [-0.2, 0) is 9.36 Å². The molecule has 0 aliphatic heterocycles. The highest BCUT2D eigenvalue weighted by molar-refractivity contribution is 7.50. The first-order valence-corrected chi connectivity index (χ1v) is 6.11. The Kier molecular flexibility index (Phi) is 7.96. The molecule has 0 aromatic rings. The molecular weight excluding hydrogens is 209 g/mol. The first-order valence-electron chi connectivity index (χ1n) is 4.05. The minimum Gasteiger partial charge on any atom is -0.480 e. The summed E-state index contributed by atoms with van der Waals surface area (Å²) in [5.74, 6) is -0.556. The van der Waals surface area contributed by atoms with Crippen molar-refractivity contribution >= 4 is 13.6 Å². The van der Waals surface area contributed by atoms with Crippen LogP contribution >= 0.6 is 7.60 Å². The molecular formula is C7H18NO5P. The van der Waals surface area contributed by atoms with E-state index in [2.05, 4.69) is 0 Å². The fourth-order valence-corrected chi connectivity index (χ4v) is 0.609. The quantitative estimate of drug-likeness (QED) is 0.512. The molecule has 0 aromatic carbocycles. The zero-order valence-electron chi connectivity index (χ0n) is 8.54. The van der Waals surface area contributed by atoms with Gasteiger partial charge in [0.15, 0.2) is 0 Å². The fourth-order valence-electron chi connectivity index (χ4n) is 0.609. The standard InChI is InChI=1S/C6H13NO2.CH5O3P/c1-4(2)3-5(7)6(8)9;1-5(2,3)4/h4-5H,3,7H2,1-2H3,(H,8,9);1H3,(H2,2,3,4). The highest BCUT2D eigenvalue weighted by atomic mass is 31.2. The molecule has 0 amide bonds. The van der Waals surface area contributed by atoms with Crippen LogP contribution in [-0.4, -0.2) is 33.6 Å². The second-order valence-electron chi connectivity index (χ2n) is 3.41. The molecule has 1 atom stereocenters. The lowest BCUT2D eigenvalue weighted by molar-refractivity contribution is -0.138. The van der Waals surface area contributed by atoms with Gasteiger partial charge in [0.05, 0.1) is 0 Å². The number of aliphatic carboxylic acids is 1. The summed E-state index contributed by atoms with van der Waals surface area (Å²) >= 11 is 0. The van der Waals surface area contributed by atoms with Crippen LogP contribution in [0.1, 0.15) is 20.3 Å². The van der Waals surface area contributed by atoms with Gasteiger partial charge in [-0.3, -0.25) is 9.36 Å². The minimum absolute atomic E-state index is 0.357. The lowest BCUT2D eigenvalue weighted by Gasteiger charge is -2.07. The molecule has 5 N–H and O–H groups in total. The molecule has 86 valence electrons. The van der Waals surface area contributed by atoms with E-state index in [0.29, 0.717) is 12.3 Å². The molecule has 0 aromatic heterocycles. The van der Waals surface area contributed by atoms with Crippen molar-refractivity contribution in [2.45, 2.75) is 26.3 Å². The van der Waals surface area contributed by atoms with Crippen molar-refractivity contribution < 1.29 is 24.3 Å². The van der Waals surface area contributed by atoms with Crippen molar-refractivity contribution in [3.63, 3.8) is 0 Å². The lowest BCUT2D eigenvalue weighted by Crippen LogP contribution is -2.31. The van der Waals surface area contributed by atoms with Crippen molar-refractivity contribution in [2.75, 3.05) is 6.66 Å². The molecule has 0 rings (SSSR count). The fraction of sp³-hybridized carbons (Fsp3) is 0.857. The van der Waals surface area contributed by atoms with Gasteiger partial charge in [0.1, 0.15) is 6.04 Å². The van der Waals surface area contributed by atoms with Gasteiger partial charge in [-0.2, -0.15) is 0 Å². The van der Waals surface area contributed by atoms with Crippen LogP contribution in [0.25, 0.3) is 0 Å². The van der Waals surface area contributed by atoms with Gasteiger partial charge in [0, 0.05) is 6.66 Å². The Labute approximate surface area is 83.3 Å². The molecule has 0 spiro atoms. The molecule has 0 heterocycles. The van der Waals surface area contributed by atoms with E-state index < -0.39 is 19.6 Å². The van der Waals surface area contributed by atoms with Crippen LogP contribution in [0, 0.1) is 5.92 Å². The highest BCUT2D eigenvalue weighted by Crippen LogP contribution is 2.26. The van der Waals surface area contributed by atoms with Gasteiger partial charge >= 0.3 is 13.6 Å². The molecule has 0 aliphatic rings. The highest BCUT2D eigenvalue weighted by Gasteiger charge is 2.11. The van der Waals surface area contributed by atoms with Crippen LogP contribution in [0.3, 0.4) is 0 Å². The van der Waals surface area contributed by atoms with Crippen LogP contribution in [0.15, 0.2) is 0 Å². The van der Waals surface area contributed by atoms with E-state index in [4.69, 9.17) is 20.6 Å². The number of hydrogen-bond donors (Lipinski definition) is 4. The number of carboxylic acids is 1. The van der Waals surface area contributed by atoms with Crippen LogP contribution < -0.4 is 5.73 Å². The summed E-state index contributed by atoms with van der Waals surface area (Å²) in [6.07, 6.45) is 0.551. The summed E-state index contributed by atoms with van der Waals surface area (Å²) in [4.78, 5) is 25.4. The van der Waals surface area contributed by atoms with Crippen LogP contribution in [0.4, 0.5) is 0 Å². The van der Waals surface area contributed by atoms with Crippen molar-refractivity contribution in [1.29, 1.82) is 0 Å². The zero-order chi connectivity index (χ0) is 11.9. The zero-order valence-corrected chi connectivity index (χ0v) is 9.44. The maximum absolute atomic E-state index is 10.1. The summed E-state index contributed by atoms with van der Waals surface area (Å²) in [5, 5.41) is 8.31. The lowest BCUT2D eigenvalue weighted by atomic mass is 10.1. The smallest absolute Gasteiger partial charge is 0.322 e. The molecule has 0 fully saturated rings. The second kappa shape index (κ2) is 6.95. The first kappa shape index (κ1) is 16.0. The summed E-state index contributed by atoms with van der Waals surface area (Å²) in [6, 6.07) is -0.690. The van der Waals surface area contributed by atoms with Gasteiger partial charge in [0.25, 0.3) is 0 Å². The summed E-state index contributed by atoms with van der Waals surface area (Å²) in [7, 11) is -3.64. The van der Waals surface area contributed by atoms with E-state index in [9.17, 15) is 9.36 Å². The van der Waals surface area contributed by atoms with E-state index in [-0.39, 0.29) is 0 Å². The molecule has 0 aliphatic carbocycles. The van der Waals surface area contributed by atoms with Gasteiger partial charge in [-0.15, -0.1) is 0 Å². The van der Waals surface area contributed by atoms with Gasteiger partial charge in [-0.1, -0.05) is 13.8 Å². The topological polar surface area (TPSA) is 121 Å². The Morgan fingerprint density at radius 1 is 1.43 bits per heavy atom. The average molecular weight is 227 g/mol. The molecule has 0 radical (unpaired) electrons. The van der Waals surface area contributed by atoms with E-state index in [1.165, 1.54) is 0 Å². The maximum Gasteiger partial charge on any atom is 0.322 e. The maximum atomic E-state index is 10.1. The number of carboxylic acid groups (broad SMARTS) is 1. The van der Waals surface area contributed by atoms with Gasteiger partial charge in [-0.25, -0.2) is 0 Å². The molecule has 0 bridgehead atoms. The molecule has 14 heavy (non-hydrogen) atoms. The first-order chi connectivity index (χ1) is 6.04. The monoisotopic (exact) mass is 227 g/mol. The van der Waals surface area contributed by atoms with E-state index in [0.717, 1.165) is 6.66 Å². The predicted molar refractivity (Wildman–Crippen MR) is 53.0 cm³/mol. The largest absolute Gasteiger partial charge is 0.480 e. The van der Waals surface area contributed by atoms with Gasteiger partial charge in [0.2, 0.25) is 0 Å². The van der Waals surface area contributed by atoms with Crippen LogP contribution in [0.2, 0.25) is 0 Å². The van der Waals surface area contributed by atoms with Gasteiger partial charge < -0.3 is 20.6 Å². The van der Waals surface area contributed by atoms with Crippen LogP contribution in [0.5, 0.6) is 0 Å². The summed E-state index contributed by atoms with van der Waals surface area (Å²) in [6.45, 7) is 4.75. The Balaban J connectivity index is 0. The Morgan fingerprint density at radius 2 is 1.71 bits per heavy atom. The molecule has 1 unspecified atom stereocenters.